The van der Waals surface area contributed by atoms with E-state index in [1.54, 1.807) is 13.0 Å². The monoisotopic (exact) mass is 224 g/mol. The van der Waals surface area contributed by atoms with E-state index in [1.165, 1.54) is 0 Å². The second kappa shape index (κ2) is 4.52. The van der Waals surface area contributed by atoms with Crippen molar-refractivity contribution in [2.75, 3.05) is 13.1 Å². The first-order chi connectivity index (χ1) is 7.16. The zero-order chi connectivity index (χ0) is 10.8. The van der Waals surface area contributed by atoms with Crippen molar-refractivity contribution in [3.8, 4) is 0 Å². The predicted octanol–water partition coefficient (Wildman–Crippen LogP) is 1.63. The minimum atomic E-state index is -0.359. The summed E-state index contributed by atoms with van der Waals surface area (Å²) < 4.78 is 0. The van der Waals surface area contributed by atoms with E-state index in [4.69, 9.17) is 11.6 Å². The molecule has 0 saturated carbocycles. The van der Waals surface area contributed by atoms with E-state index in [9.17, 15) is 5.02 Å². The number of hydrogen-bond acceptors (Lipinski definition) is 3. The zero-order valence-corrected chi connectivity index (χ0v) is 9.48. The highest BCUT2D eigenvalue weighted by Crippen LogP contribution is 2.26. The molecule has 15 heavy (non-hydrogen) atoms. The summed E-state index contributed by atoms with van der Waals surface area (Å²) in [6.45, 7) is 3.62. The van der Waals surface area contributed by atoms with E-state index in [1.807, 2.05) is 12.1 Å². The fourth-order valence-electron chi connectivity index (χ4n) is 2.00. The van der Waals surface area contributed by atoms with Crippen molar-refractivity contribution in [2.24, 2.45) is 0 Å². The van der Waals surface area contributed by atoms with Crippen molar-refractivity contribution >= 4 is 18.7 Å². The molecule has 80 valence electrons. The van der Waals surface area contributed by atoms with Gasteiger partial charge in [-0.1, -0.05) is 11.6 Å². The lowest BCUT2D eigenvalue weighted by molar-refractivity contribution is 0.420. The van der Waals surface area contributed by atoms with Crippen molar-refractivity contribution in [1.29, 1.82) is 0 Å². The molecular weight excluding hydrogens is 210 g/mol. The highest BCUT2D eigenvalue weighted by Gasteiger charge is 2.28. The van der Waals surface area contributed by atoms with Gasteiger partial charge in [-0.2, -0.15) is 0 Å². The minimum Gasteiger partial charge on any atom is -0.437 e. The van der Waals surface area contributed by atoms with E-state index in [0.717, 1.165) is 25.2 Å². The van der Waals surface area contributed by atoms with E-state index < -0.39 is 0 Å². The highest BCUT2D eigenvalue weighted by atomic mass is 35.5. The molecule has 1 aliphatic heterocycles. The van der Waals surface area contributed by atoms with Crippen LogP contribution in [0.3, 0.4) is 0 Å². The number of halogens is 1. The smallest absolute Gasteiger partial charge is 0.376 e. The van der Waals surface area contributed by atoms with Gasteiger partial charge in [-0.05, 0) is 38.5 Å². The molecule has 0 spiro atoms. The van der Waals surface area contributed by atoms with E-state index >= 15 is 0 Å². The summed E-state index contributed by atoms with van der Waals surface area (Å²) in [5, 5.41) is 10.1. The molecule has 0 aromatic carbocycles. The molecule has 1 unspecified atom stereocenters. The second-order valence-electron chi connectivity index (χ2n) is 4.01. The fraction of sp³-hybridized carbons (Fsp3) is 0.500. The summed E-state index contributed by atoms with van der Waals surface area (Å²) in [7, 11) is -0.359. The first kappa shape index (κ1) is 10.9. The summed E-state index contributed by atoms with van der Waals surface area (Å²) in [4.78, 5) is 6.37. The molecule has 1 aromatic rings. The maximum Gasteiger partial charge on any atom is 0.376 e. The molecule has 2 heterocycles. The number of aromatic nitrogens is 1. The summed E-state index contributed by atoms with van der Waals surface area (Å²) in [6.07, 6.45) is 2.74. The summed E-state index contributed by atoms with van der Waals surface area (Å²) in [5.74, 6) is 0.428. The Morgan fingerprint density at radius 3 is 2.93 bits per heavy atom. The van der Waals surface area contributed by atoms with Crippen molar-refractivity contribution < 1.29 is 5.02 Å². The lowest BCUT2D eigenvalue weighted by Crippen LogP contribution is -2.34. The van der Waals surface area contributed by atoms with Crippen molar-refractivity contribution in [1.82, 2.24) is 9.79 Å². The average molecular weight is 224 g/mol. The Morgan fingerprint density at radius 2 is 2.40 bits per heavy atom. The molecule has 1 N–H and O–H groups in total. The van der Waals surface area contributed by atoms with Crippen LogP contribution >= 0.6 is 11.6 Å². The van der Waals surface area contributed by atoms with Gasteiger partial charge in [0.15, 0.2) is 0 Å². The van der Waals surface area contributed by atoms with Crippen LogP contribution in [0.1, 0.15) is 18.0 Å². The summed E-state index contributed by atoms with van der Waals surface area (Å²) in [6, 6.07) is 3.84. The van der Waals surface area contributed by atoms with Gasteiger partial charge in [0.05, 0.1) is 5.02 Å². The SMILES string of the molecule is CB(O)N1CCC(c2ccc(Cl)cn2)C1. The zero-order valence-electron chi connectivity index (χ0n) is 8.73. The van der Waals surface area contributed by atoms with Crippen LogP contribution in [-0.2, 0) is 0 Å². The van der Waals surface area contributed by atoms with Gasteiger partial charge in [0, 0.05) is 17.8 Å². The molecule has 2 rings (SSSR count). The number of pyridine rings is 1. The molecule has 1 fully saturated rings. The van der Waals surface area contributed by atoms with Gasteiger partial charge in [-0.3, -0.25) is 4.98 Å². The van der Waals surface area contributed by atoms with Crippen molar-refractivity contribution in [3.05, 3.63) is 29.0 Å². The van der Waals surface area contributed by atoms with Crippen LogP contribution in [0.2, 0.25) is 11.8 Å². The molecule has 5 heteroatoms. The molecule has 1 aliphatic rings. The standard InChI is InChI=1S/C10H14BClN2O/c1-11(15)14-5-4-8(7-14)10-3-2-9(12)6-13-10/h2-3,6,8,15H,4-5,7H2,1H3. The molecule has 1 atom stereocenters. The van der Waals surface area contributed by atoms with Crippen LogP contribution < -0.4 is 0 Å². The highest BCUT2D eigenvalue weighted by molar-refractivity contribution is 6.45. The molecule has 0 radical (unpaired) electrons. The van der Waals surface area contributed by atoms with Crippen LogP contribution in [0.15, 0.2) is 18.3 Å². The first-order valence-electron chi connectivity index (χ1n) is 5.20. The van der Waals surface area contributed by atoms with E-state index in [-0.39, 0.29) is 7.05 Å². The Bertz CT molecular complexity index is 331. The lowest BCUT2D eigenvalue weighted by Gasteiger charge is -2.15. The van der Waals surface area contributed by atoms with Gasteiger partial charge in [0.25, 0.3) is 0 Å². The molecule has 0 amide bonds. The average Bonchev–Trinajstić information content (AvgIpc) is 2.68. The quantitative estimate of drug-likeness (QED) is 0.776. The molecule has 1 saturated heterocycles. The van der Waals surface area contributed by atoms with Gasteiger partial charge >= 0.3 is 7.05 Å². The Hall–Kier alpha value is -0.575. The third kappa shape index (κ3) is 2.51. The molecule has 0 bridgehead atoms. The maximum atomic E-state index is 9.45. The Labute approximate surface area is 95.2 Å². The van der Waals surface area contributed by atoms with Gasteiger partial charge in [0.2, 0.25) is 0 Å². The topological polar surface area (TPSA) is 36.4 Å². The Morgan fingerprint density at radius 1 is 1.60 bits per heavy atom. The van der Waals surface area contributed by atoms with E-state index in [0.29, 0.717) is 10.9 Å². The van der Waals surface area contributed by atoms with Gasteiger partial charge in [-0.25, -0.2) is 0 Å². The second-order valence-corrected chi connectivity index (χ2v) is 4.45. The van der Waals surface area contributed by atoms with Crippen LogP contribution in [0, 0.1) is 0 Å². The number of nitrogens with zero attached hydrogens (tertiary/aromatic N) is 2. The van der Waals surface area contributed by atoms with Crippen molar-refractivity contribution in [2.45, 2.75) is 19.2 Å². The third-order valence-electron chi connectivity index (χ3n) is 2.92. The fourth-order valence-corrected chi connectivity index (χ4v) is 2.11. The van der Waals surface area contributed by atoms with Crippen molar-refractivity contribution in [3.63, 3.8) is 0 Å². The van der Waals surface area contributed by atoms with Gasteiger partial charge < -0.3 is 9.83 Å². The molecule has 1 aromatic heterocycles. The summed E-state index contributed by atoms with van der Waals surface area (Å²) >= 11 is 5.78. The van der Waals surface area contributed by atoms with Gasteiger partial charge in [0.1, 0.15) is 0 Å². The number of hydrogen-bond donors (Lipinski definition) is 1. The van der Waals surface area contributed by atoms with Gasteiger partial charge in [-0.15, -0.1) is 0 Å². The number of rotatable bonds is 2. The molecule has 0 aliphatic carbocycles. The summed E-state index contributed by atoms with van der Waals surface area (Å²) in [5.41, 5.74) is 1.07. The Balaban J connectivity index is 2.04. The van der Waals surface area contributed by atoms with Crippen LogP contribution in [0.5, 0.6) is 0 Å². The normalized spacial score (nSPS) is 21.9. The molecular formula is C10H14BClN2O. The molecule has 3 nitrogen and oxygen atoms in total. The largest absolute Gasteiger partial charge is 0.437 e. The maximum absolute atomic E-state index is 9.45. The van der Waals surface area contributed by atoms with E-state index in [2.05, 4.69) is 9.79 Å². The first-order valence-corrected chi connectivity index (χ1v) is 5.58. The Kier molecular flexibility index (Phi) is 3.29. The third-order valence-corrected chi connectivity index (χ3v) is 3.14. The van der Waals surface area contributed by atoms with Crippen LogP contribution in [0.4, 0.5) is 0 Å². The lowest BCUT2D eigenvalue weighted by atomic mass is 9.86. The predicted molar refractivity (Wildman–Crippen MR) is 62.0 cm³/mol. The minimum absolute atomic E-state index is 0.359. The van der Waals surface area contributed by atoms with Crippen LogP contribution in [0.25, 0.3) is 0 Å². The van der Waals surface area contributed by atoms with Crippen LogP contribution in [-0.4, -0.2) is 35.0 Å².